The molecule has 0 unspecified atom stereocenters. The molecule has 0 saturated carbocycles. The third-order valence-corrected chi connectivity index (χ3v) is 18.2. The van der Waals surface area contributed by atoms with Crippen molar-refractivity contribution in [2.45, 2.75) is 351 Å². The van der Waals surface area contributed by atoms with Gasteiger partial charge in [0.05, 0.1) is 33.9 Å². The molecule has 4 aromatic rings. The number of hydrogen-bond acceptors (Lipinski definition) is 8. The first kappa shape index (κ1) is 89.0. The van der Waals surface area contributed by atoms with Crippen LogP contribution in [0.25, 0.3) is 0 Å². The molecule has 0 spiro atoms. The molecule has 0 bridgehead atoms. The summed E-state index contributed by atoms with van der Waals surface area (Å²) < 4.78 is 0. The van der Waals surface area contributed by atoms with Crippen LogP contribution in [0.4, 0.5) is 11.4 Å². The number of benzene rings is 4. The zero-order valence-electron chi connectivity index (χ0n) is 61.9. The fraction of sp³-hybridized carbons (Fsp3) is 0.628. The summed E-state index contributed by atoms with van der Waals surface area (Å²) in [5, 5.41) is 59.4. The van der Waals surface area contributed by atoms with Crippen LogP contribution in [0.5, 0.6) is 23.0 Å². The van der Waals surface area contributed by atoms with E-state index < -0.39 is 34.9 Å². The second kappa shape index (κ2) is 58.9. The van der Waals surface area contributed by atoms with Crippen molar-refractivity contribution >= 4 is 34.7 Å². The Morgan fingerprint density at radius 3 is 0.918 bits per heavy atom. The Morgan fingerprint density at radius 1 is 0.361 bits per heavy atom. The molecule has 97 heavy (non-hydrogen) atoms. The topological polar surface area (TPSA) is 186 Å². The van der Waals surface area contributed by atoms with Crippen molar-refractivity contribution in [2.75, 3.05) is 0 Å². The van der Waals surface area contributed by atoms with Crippen molar-refractivity contribution in [1.82, 2.24) is 0 Å². The number of carbonyl (C=O) groups is 2. The molecule has 4 aromatic carbocycles. The molecule has 4 N–H and O–H groups in total. The zero-order chi connectivity index (χ0) is 70.2. The number of aromatic carboxylic acids is 2. The van der Waals surface area contributed by atoms with Gasteiger partial charge in [-0.3, -0.25) is 9.98 Å². The molecule has 0 heterocycles. The van der Waals surface area contributed by atoms with Crippen molar-refractivity contribution in [3.63, 3.8) is 0 Å². The number of carboxylic acids is 2. The largest absolute Gasteiger partial charge is 2.00 e. The molecule has 0 atom stereocenters. The number of para-hydroxylation sites is 2. The summed E-state index contributed by atoms with van der Waals surface area (Å²) in [6.45, 7) is 16.5. The van der Waals surface area contributed by atoms with Gasteiger partial charge in [-0.05, 0) is 161 Å². The van der Waals surface area contributed by atoms with Crippen LogP contribution in [0.3, 0.4) is 0 Å². The van der Waals surface area contributed by atoms with Gasteiger partial charge in [-0.1, -0.05) is 269 Å². The van der Waals surface area contributed by atoms with Crippen LogP contribution in [0.15, 0.2) is 70.6 Å². The summed E-state index contributed by atoms with van der Waals surface area (Å²) in [4.78, 5) is 33.0. The number of aryl methyl sites for hydroxylation is 4. The summed E-state index contributed by atoms with van der Waals surface area (Å²) >= 11 is 0. The average Bonchev–Trinajstić information content (AvgIpc) is 0.827. The molecular weight excluding hydrogens is 1250 g/mol. The van der Waals surface area contributed by atoms with Gasteiger partial charge in [0, 0.05) is 25.7 Å². The maximum absolute atomic E-state index is 11.4. The molecular formula is C86H130N2NiO8. The van der Waals surface area contributed by atoms with E-state index in [1.165, 1.54) is 227 Å². The Morgan fingerprint density at radius 2 is 0.619 bits per heavy atom. The van der Waals surface area contributed by atoms with Gasteiger partial charge in [-0.25, -0.2) is 9.59 Å². The summed E-state index contributed by atoms with van der Waals surface area (Å²) in [6.07, 6.45) is 55.4. The van der Waals surface area contributed by atoms with E-state index in [0.29, 0.717) is 24.0 Å². The third-order valence-electron chi connectivity index (χ3n) is 18.2. The molecule has 0 radical (unpaired) electrons. The maximum Gasteiger partial charge on any atom is 2.00 e. The molecule has 0 aromatic heterocycles. The van der Waals surface area contributed by atoms with Gasteiger partial charge >= 0.3 is 28.4 Å². The average molecular weight is 1380 g/mol. The van der Waals surface area contributed by atoms with E-state index in [4.69, 9.17) is 20.2 Å². The number of nitrogens with zero attached hydrogens (tertiary/aromatic N) is 2. The molecule has 0 aliphatic heterocycles. The normalized spacial score (nSPS) is 11.1. The van der Waals surface area contributed by atoms with Crippen LogP contribution >= 0.6 is 0 Å². The number of aromatic hydroxyl groups is 2. The number of aliphatic imine (C=N–C) groups is 2. The van der Waals surface area contributed by atoms with Crippen LogP contribution in [0.1, 0.15) is 365 Å². The SMILES string of the molecule is CCCCCCCCCCCC#CCCCc1ccccc1N=C(CCCCCCCC)C(CCCCCCCC)=Nc1ccccc1CCCC#CCCCCCCCCCCC.CCCCc1cc(O)c([O-])c(C(=O)O)c1C.CCCCc1cc(O)c([O-])c(C(=O)O)c1C.[Ni+2]. The number of hydrogen-bond donors (Lipinski definition) is 4. The number of rotatable bonds is 49. The van der Waals surface area contributed by atoms with Crippen molar-refractivity contribution in [3.05, 3.63) is 105 Å². The summed E-state index contributed by atoms with van der Waals surface area (Å²) in [6, 6.07) is 20.6. The van der Waals surface area contributed by atoms with Gasteiger partial charge < -0.3 is 30.6 Å². The van der Waals surface area contributed by atoms with Crippen LogP contribution in [0, 0.1) is 37.5 Å². The molecule has 0 fully saturated rings. The molecule has 0 saturated heterocycles. The number of carboxylic acid groups (broad SMARTS) is 2. The first-order chi connectivity index (χ1) is 46.7. The van der Waals surface area contributed by atoms with E-state index in [1.54, 1.807) is 13.8 Å². The van der Waals surface area contributed by atoms with Crippen LogP contribution in [-0.2, 0) is 42.2 Å². The minimum Gasteiger partial charge on any atom is -0.869 e. The molecule has 0 aliphatic carbocycles. The van der Waals surface area contributed by atoms with Crippen molar-refractivity contribution in [3.8, 4) is 46.7 Å². The number of unbranched alkanes of at least 4 members (excludes halogenated alkanes) is 32. The minimum absolute atomic E-state index is 0. The van der Waals surface area contributed by atoms with Gasteiger partial charge in [0.1, 0.15) is 11.5 Å². The van der Waals surface area contributed by atoms with E-state index in [9.17, 15) is 30.0 Å². The van der Waals surface area contributed by atoms with Crippen LogP contribution in [-0.4, -0.2) is 43.8 Å². The van der Waals surface area contributed by atoms with E-state index in [0.717, 1.165) is 112 Å². The predicted octanol–water partition coefficient (Wildman–Crippen LogP) is 24.2. The molecule has 0 aliphatic rings. The van der Waals surface area contributed by atoms with Crippen LogP contribution < -0.4 is 10.2 Å². The second-order valence-electron chi connectivity index (χ2n) is 26.6. The standard InChI is InChI=1S/C62H100N2.2C12H16O4.Ni/c1-5-9-13-17-21-23-25-27-29-31-33-35-37-41-49-57-51-45-47-53-59(57)63-61(55-43-39-19-15-11-7-3)62(56-44-40-20-16-12-8-4)64-60-54-48-46-52-58(60)50-42-38-36-34-32-30-28-26-24-22-18-14-10-6-2;2*1-3-4-5-8-6-9(13)11(14)10(7(8)2)12(15)16;/h45-48,51-54H,5-32,37-44,49-50,55-56H2,1-4H3;2*6,13-14H,3-5H2,1-2H3,(H,15,16);/q;;;+2/p-2. The molecule has 11 heteroatoms. The van der Waals surface area contributed by atoms with Crippen molar-refractivity contribution < 1.29 is 56.7 Å². The summed E-state index contributed by atoms with van der Waals surface area (Å²) in [5.74, 6) is 8.89. The Labute approximate surface area is 600 Å². The van der Waals surface area contributed by atoms with Gasteiger partial charge in [0.15, 0.2) is 0 Å². The van der Waals surface area contributed by atoms with Crippen molar-refractivity contribution in [2.24, 2.45) is 9.98 Å². The fourth-order valence-electron chi connectivity index (χ4n) is 12.1. The first-order valence-corrected chi connectivity index (χ1v) is 38.4. The van der Waals surface area contributed by atoms with Gasteiger partial charge in [0.25, 0.3) is 0 Å². The van der Waals surface area contributed by atoms with E-state index in [1.807, 2.05) is 13.8 Å². The van der Waals surface area contributed by atoms with Crippen molar-refractivity contribution in [1.29, 1.82) is 0 Å². The smallest absolute Gasteiger partial charge is 0.869 e. The second-order valence-corrected chi connectivity index (χ2v) is 26.6. The maximum atomic E-state index is 11.4. The number of phenols is 2. The van der Waals surface area contributed by atoms with Crippen LogP contribution in [0.2, 0.25) is 0 Å². The Bertz CT molecular complexity index is 2740. The third kappa shape index (κ3) is 40.0. The fourth-order valence-corrected chi connectivity index (χ4v) is 12.1. The van der Waals surface area contributed by atoms with Gasteiger partial charge in [-0.15, -0.1) is 23.7 Å². The summed E-state index contributed by atoms with van der Waals surface area (Å²) in [7, 11) is 0. The van der Waals surface area contributed by atoms with E-state index >= 15 is 0 Å². The molecule has 542 valence electrons. The molecule has 10 nitrogen and oxygen atoms in total. The Kier molecular flexibility index (Phi) is 54.0. The molecule has 0 amide bonds. The first-order valence-electron chi connectivity index (χ1n) is 38.4. The van der Waals surface area contributed by atoms with Gasteiger partial charge in [0.2, 0.25) is 0 Å². The number of phenolic OH excluding ortho intramolecular Hbond substituents is 2. The quantitative estimate of drug-likeness (QED) is 0.0146. The van der Waals surface area contributed by atoms with Gasteiger partial charge in [-0.2, -0.15) is 0 Å². The van der Waals surface area contributed by atoms with E-state index in [2.05, 4.69) is 99.9 Å². The van der Waals surface area contributed by atoms with E-state index in [-0.39, 0.29) is 27.6 Å². The predicted molar refractivity (Wildman–Crippen MR) is 404 cm³/mol. The molecule has 4 rings (SSSR count). The summed E-state index contributed by atoms with van der Waals surface area (Å²) in [5.41, 5.74) is 9.16. The monoisotopic (exact) mass is 1380 g/mol. The Balaban J connectivity index is 0.00000115. The Hall–Kier alpha value is -6.03. The zero-order valence-corrected chi connectivity index (χ0v) is 62.9. The minimum atomic E-state index is -1.28.